The van der Waals surface area contributed by atoms with Crippen molar-refractivity contribution in [1.29, 1.82) is 0 Å². The Balaban J connectivity index is 2.30. The van der Waals surface area contributed by atoms with Crippen LogP contribution in [-0.4, -0.2) is 37.8 Å². The van der Waals surface area contributed by atoms with E-state index in [1.54, 1.807) is 32.0 Å². The fourth-order valence-electron chi connectivity index (χ4n) is 1.35. The van der Waals surface area contributed by atoms with Crippen LogP contribution in [-0.2, 0) is 19.1 Å². The fourth-order valence-corrected chi connectivity index (χ4v) is 1.47. The summed E-state index contributed by atoms with van der Waals surface area (Å²) in [5.41, 5.74) is 0.807. The van der Waals surface area contributed by atoms with Gasteiger partial charge in [-0.15, -0.1) is 0 Å². The van der Waals surface area contributed by atoms with Crippen LogP contribution < -0.4 is 10.1 Å². The lowest BCUT2D eigenvalue weighted by molar-refractivity contribution is -0.150. The molecule has 0 aromatic heterocycles. The van der Waals surface area contributed by atoms with E-state index in [-0.39, 0.29) is 13.2 Å². The molecule has 120 valence electrons. The third kappa shape index (κ3) is 6.45. The van der Waals surface area contributed by atoms with E-state index in [0.29, 0.717) is 10.8 Å². The number of carbonyl (C=O) groups is 3. The minimum Gasteiger partial charge on any atom is -0.482 e. The third-order valence-electron chi connectivity index (χ3n) is 2.37. The van der Waals surface area contributed by atoms with Gasteiger partial charge in [-0.05, 0) is 37.6 Å². The standard InChI is InChI=1S/C14H16ClNO6/c1-3-20-14(19)16-12(17)7-22-13(18)8-21-10-4-5-11(15)9(2)6-10/h4-6H,3,7-8H2,1-2H3,(H,16,17,19). The van der Waals surface area contributed by atoms with Gasteiger partial charge in [-0.1, -0.05) is 11.6 Å². The lowest BCUT2D eigenvalue weighted by Gasteiger charge is -2.08. The van der Waals surface area contributed by atoms with E-state index >= 15 is 0 Å². The monoisotopic (exact) mass is 329 g/mol. The summed E-state index contributed by atoms with van der Waals surface area (Å²) in [6.45, 7) is 2.56. The molecule has 0 aliphatic heterocycles. The van der Waals surface area contributed by atoms with Crippen LogP contribution in [0, 0.1) is 6.92 Å². The summed E-state index contributed by atoms with van der Waals surface area (Å²) < 4.78 is 14.3. The number of aryl methyl sites for hydroxylation is 1. The summed E-state index contributed by atoms with van der Waals surface area (Å²) in [7, 11) is 0. The van der Waals surface area contributed by atoms with Crippen molar-refractivity contribution < 1.29 is 28.6 Å². The van der Waals surface area contributed by atoms with E-state index in [4.69, 9.17) is 16.3 Å². The summed E-state index contributed by atoms with van der Waals surface area (Å²) in [5, 5.41) is 2.48. The molecule has 0 fully saturated rings. The first kappa shape index (κ1) is 17.8. The zero-order chi connectivity index (χ0) is 16.5. The molecule has 8 heteroatoms. The Kier molecular flexibility index (Phi) is 7.18. The normalized spacial score (nSPS) is 9.77. The molecule has 0 saturated carbocycles. The number of alkyl carbamates (subject to hydrolysis) is 1. The van der Waals surface area contributed by atoms with Crippen LogP contribution in [0.3, 0.4) is 0 Å². The summed E-state index contributed by atoms with van der Waals surface area (Å²) >= 11 is 5.86. The van der Waals surface area contributed by atoms with E-state index in [1.807, 2.05) is 5.32 Å². The molecular formula is C14H16ClNO6. The van der Waals surface area contributed by atoms with Crippen molar-refractivity contribution in [1.82, 2.24) is 5.32 Å². The van der Waals surface area contributed by atoms with Crippen LogP contribution in [0.4, 0.5) is 4.79 Å². The summed E-state index contributed by atoms with van der Waals surface area (Å²) in [6, 6.07) is 4.92. The van der Waals surface area contributed by atoms with Crippen LogP contribution in [0.2, 0.25) is 5.02 Å². The number of ether oxygens (including phenoxy) is 3. The van der Waals surface area contributed by atoms with Crippen LogP contribution in [0.25, 0.3) is 0 Å². The molecule has 0 bridgehead atoms. The minimum atomic E-state index is -0.892. The van der Waals surface area contributed by atoms with Gasteiger partial charge >= 0.3 is 12.1 Å². The molecule has 1 N–H and O–H groups in total. The highest BCUT2D eigenvalue weighted by Crippen LogP contribution is 2.20. The zero-order valence-electron chi connectivity index (χ0n) is 12.2. The van der Waals surface area contributed by atoms with E-state index in [1.165, 1.54) is 0 Å². The number of halogens is 1. The maximum Gasteiger partial charge on any atom is 0.413 e. The smallest absolute Gasteiger partial charge is 0.413 e. The molecule has 2 amide bonds. The highest BCUT2D eigenvalue weighted by molar-refractivity contribution is 6.31. The molecule has 1 aromatic carbocycles. The van der Waals surface area contributed by atoms with E-state index < -0.39 is 24.6 Å². The Hall–Kier alpha value is -2.28. The minimum absolute atomic E-state index is 0.132. The van der Waals surface area contributed by atoms with Crippen molar-refractivity contribution in [2.24, 2.45) is 0 Å². The molecule has 22 heavy (non-hydrogen) atoms. The predicted octanol–water partition coefficient (Wildman–Crippen LogP) is 1.84. The average Bonchev–Trinajstić information content (AvgIpc) is 2.46. The largest absolute Gasteiger partial charge is 0.482 e. The van der Waals surface area contributed by atoms with Crippen LogP contribution in [0.15, 0.2) is 18.2 Å². The molecule has 0 unspecified atom stereocenters. The van der Waals surface area contributed by atoms with Gasteiger partial charge in [0, 0.05) is 5.02 Å². The van der Waals surface area contributed by atoms with Crippen molar-refractivity contribution in [3.8, 4) is 5.75 Å². The Morgan fingerprint density at radius 2 is 1.91 bits per heavy atom. The Morgan fingerprint density at radius 3 is 2.55 bits per heavy atom. The van der Waals surface area contributed by atoms with Gasteiger partial charge in [0.05, 0.1) is 6.61 Å². The highest BCUT2D eigenvalue weighted by Gasteiger charge is 2.12. The molecule has 1 rings (SSSR count). The van der Waals surface area contributed by atoms with Crippen molar-refractivity contribution >= 4 is 29.6 Å². The SMILES string of the molecule is CCOC(=O)NC(=O)COC(=O)COc1ccc(Cl)c(C)c1. The Morgan fingerprint density at radius 1 is 1.18 bits per heavy atom. The molecule has 0 heterocycles. The first-order valence-corrected chi connectivity index (χ1v) is 6.81. The number of amides is 2. The Bertz CT molecular complexity index is 560. The van der Waals surface area contributed by atoms with E-state index in [0.717, 1.165) is 5.56 Å². The molecule has 0 saturated heterocycles. The second-order valence-corrected chi connectivity index (χ2v) is 4.54. The number of carbonyl (C=O) groups excluding carboxylic acids is 3. The summed E-state index contributed by atoms with van der Waals surface area (Å²) in [6.07, 6.45) is -0.892. The number of benzene rings is 1. The second-order valence-electron chi connectivity index (χ2n) is 4.13. The molecule has 0 spiro atoms. The van der Waals surface area contributed by atoms with Gasteiger partial charge in [-0.2, -0.15) is 0 Å². The van der Waals surface area contributed by atoms with Crippen LogP contribution >= 0.6 is 11.6 Å². The zero-order valence-corrected chi connectivity index (χ0v) is 12.9. The first-order chi connectivity index (χ1) is 10.4. The molecule has 0 aliphatic rings. The third-order valence-corrected chi connectivity index (χ3v) is 2.79. The van der Waals surface area contributed by atoms with Gasteiger partial charge in [-0.3, -0.25) is 10.1 Å². The van der Waals surface area contributed by atoms with Crippen molar-refractivity contribution in [2.75, 3.05) is 19.8 Å². The molecule has 0 radical (unpaired) electrons. The van der Waals surface area contributed by atoms with Crippen molar-refractivity contribution in [2.45, 2.75) is 13.8 Å². The van der Waals surface area contributed by atoms with E-state index in [2.05, 4.69) is 9.47 Å². The van der Waals surface area contributed by atoms with Crippen LogP contribution in [0.5, 0.6) is 5.75 Å². The first-order valence-electron chi connectivity index (χ1n) is 6.43. The van der Waals surface area contributed by atoms with E-state index in [9.17, 15) is 14.4 Å². The Labute approximate surface area is 132 Å². The van der Waals surface area contributed by atoms with Gasteiger partial charge in [0.2, 0.25) is 0 Å². The fraction of sp³-hybridized carbons (Fsp3) is 0.357. The van der Waals surface area contributed by atoms with Gasteiger partial charge in [-0.25, -0.2) is 9.59 Å². The lowest BCUT2D eigenvalue weighted by atomic mass is 10.2. The average molecular weight is 330 g/mol. The van der Waals surface area contributed by atoms with Crippen LogP contribution in [0.1, 0.15) is 12.5 Å². The molecule has 0 atom stereocenters. The highest BCUT2D eigenvalue weighted by atomic mass is 35.5. The number of nitrogens with one attached hydrogen (secondary N) is 1. The van der Waals surface area contributed by atoms with Gasteiger partial charge in [0.1, 0.15) is 5.75 Å². The molecular weight excluding hydrogens is 314 g/mol. The lowest BCUT2D eigenvalue weighted by Crippen LogP contribution is -2.35. The maximum absolute atomic E-state index is 11.4. The summed E-state index contributed by atoms with van der Waals surface area (Å²) in [5.74, 6) is -1.07. The maximum atomic E-state index is 11.4. The number of rotatable bonds is 6. The van der Waals surface area contributed by atoms with Gasteiger partial charge in [0.15, 0.2) is 13.2 Å². The van der Waals surface area contributed by atoms with Crippen molar-refractivity contribution in [3.05, 3.63) is 28.8 Å². The number of esters is 1. The van der Waals surface area contributed by atoms with Crippen molar-refractivity contribution in [3.63, 3.8) is 0 Å². The van der Waals surface area contributed by atoms with Gasteiger partial charge in [0.25, 0.3) is 5.91 Å². The second kappa shape index (κ2) is 8.89. The number of imide groups is 1. The molecule has 7 nitrogen and oxygen atoms in total. The number of hydrogen-bond donors (Lipinski definition) is 1. The van der Waals surface area contributed by atoms with Gasteiger partial charge < -0.3 is 14.2 Å². The molecule has 1 aromatic rings. The number of hydrogen-bond acceptors (Lipinski definition) is 6. The molecule has 0 aliphatic carbocycles. The summed E-state index contributed by atoms with van der Waals surface area (Å²) in [4.78, 5) is 33.6. The topological polar surface area (TPSA) is 90.9 Å². The predicted molar refractivity (Wildman–Crippen MR) is 77.8 cm³/mol. The quantitative estimate of drug-likeness (QED) is 0.801.